The molecule has 164 valence electrons. The lowest BCUT2D eigenvalue weighted by Gasteiger charge is -2.60. The van der Waals surface area contributed by atoms with Crippen molar-refractivity contribution in [1.29, 1.82) is 0 Å². The van der Waals surface area contributed by atoms with Crippen molar-refractivity contribution in [2.75, 3.05) is 0 Å². The summed E-state index contributed by atoms with van der Waals surface area (Å²) in [7, 11) is 0. The molecule has 1 amide bonds. The molecule has 2 aromatic rings. The molecule has 0 spiro atoms. The number of nitrogens with zero attached hydrogens (tertiary/aromatic N) is 1. The summed E-state index contributed by atoms with van der Waals surface area (Å²) in [6.45, 7) is 8.54. The van der Waals surface area contributed by atoms with Gasteiger partial charge in [-0.2, -0.15) is 0 Å². The Morgan fingerprint density at radius 2 is 1.84 bits per heavy atom. The highest BCUT2D eigenvalue weighted by molar-refractivity contribution is 9.10. The molecule has 3 unspecified atom stereocenters. The molecule has 3 aliphatic carbocycles. The minimum atomic E-state index is -0.509. The molecule has 3 saturated carbocycles. The number of fused-ring (bicyclic) bond motifs is 2. The summed E-state index contributed by atoms with van der Waals surface area (Å²) < 4.78 is 6.95. The lowest BCUT2D eigenvalue weighted by atomic mass is 9.46. The van der Waals surface area contributed by atoms with E-state index in [1.165, 1.54) is 11.1 Å². The quantitative estimate of drug-likeness (QED) is 0.430. The molecule has 0 aromatic heterocycles. The maximum atomic E-state index is 13.3. The summed E-state index contributed by atoms with van der Waals surface area (Å²) in [5.74, 6) is 0.388. The van der Waals surface area contributed by atoms with E-state index in [1.807, 2.05) is 43.9 Å². The van der Waals surface area contributed by atoms with Crippen LogP contribution in [0, 0.1) is 5.92 Å². The fourth-order valence-corrected chi connectivity index (χ4v) is 5.76. The van der Waals surface area contributed by atoms with Gasteiger partial charge in [-0.25, -0.2) is 4.79 Å². The van der Waals surface area contributed by atoms with Crippen LogP contribution in [0.3, 0.4) is 0 Å². The third-order valence-corrected chi connectivity index (χ3v) is 7.31. The van der Waals surface area contributed by atoms with E-state index >= 15 is 0 Å². The Morgan fingerprint density at radius 3 is 2.42 bits per heavy atom. The van der Waals surface area contributed by atoms with Gasteiger partial charge in [0.25, 0.3) is 0 Å². The van der Waals surface area contributed by atoms with Gasteiger partial charge in [0, 0.05) is 28.4 Å². The van der Waals surface area contributed by atoms with Crippen molar-refractivity contribution < 1.29 is 9.53 Å². The first-order valence-corrected chi connectivity index (χ1v) is 12.0. The second-order valence-electron chi connectivity index (χ2n) is 9.84. The Morgan fingerprint density at radius 1 is 1.16 bits per heavy atom. The summed E-state index contributed by atoms with van der Waals surface area (Å²) in [4.78, 5) is 15.3. The number of hydrogen-bond donors (Lipinski definition) is 0. The summed E-state index contributed by atoms with van der Waals surface area (Å²) in [5, 5.41) is 0. The molecule has 0 radical (unpaired) electrons. The van der Waals surface area contributed by atoms with Crippen molar-refractivity contribution >= 4 is 22.0 Å². The molecule has 3 fully saturated rings. The minimum absolute atomic E-state index is 0.128. The van der Waals surface area contributed by atoms with Gasteiger partial charge >= 0.3 is 6.09 Å². The van der Waals surface area contributed by atoms with Gasteiger partial charge in [0.15, 0.2) is 0 Å². The second-order valence-corrected chi connectivity index (χ2v) is 10.8. The van der Waals surface area contributed by atoms with Gasteiger partial charge in [-0.1, -0.05) is 70.0 Å². The predicted molar refractivity (Wildman–Crippen MR) is 129 cm³/mol. The van der Waals surface area contributed by atoms with E-state index in [0.29, 0.717) is 12.5 Å². The van der Waals surface area contributed by atoms with Crippen LogP contribution < -0.4 is 0 Å². The lowest BCUT2D eigenvalue weighted by Crippen LogP contribution is -2.60. The first-order valence-electron chi connectivity index (χ1n) is 11.2. The Hall–Kier alpha value is -2.07. The van der Waals surface area contributed by atoms with E-state index in [2.05, 4.69) is 65.3 Å². The van der Waals surface area contributed by atoms with Crippen LogP contribution in [0.15, 0.2) is 70.7 Å². The molecule has 0 saturated heterocycles. The number of benzene rings is 2. The predicted octanol–water partition coefficient (Wildman–Crippen LogP) is 7.25. The van der Waals surface area contributed by atoms with Gasteiger partial charge in [0.1, 0.15) is 5.60 Å². The first kappa shape index (κ1) is 22.1. The number of carbonyl (C=O) groups is 1. The van der Waals surface area contributed by atoms with Gasteiger partial charge in [-0.15, -0.1) is 0 Å². The fourth-order valence-electron chi connectivity index (χ4n) is 5.49. The van der Waals surface area contributed by atoms with Crippen molar-refractivity contribution in [2.24, 2.45) is 5.92 Å². The molecule has 3 nitrogen and oxygen atoms in total. The largest absolute Gasteiger partial charge is 0.444 e. The standard InChI is InChI=1S/C27H32BrNO2/c1-5-23-22-17-27(23,20-11-13-21(28)14-12-20)16-15-24(22)29(25(30)31-26(2,3)4)18-19-9-7-6-8-10-19/h5-14,22,24H,15-18H2,1-4H3. The van der Waals surface area contributed by atoms with Gasteiger partial charge in [0.05, 0.1) is 0 Å². The summed E-state index contributed by atoms with van der Waals surface area (Å²) >= 11 is 3.56. The first-order chi connectivity index (χ1) is 14.7. The molecule has 2 bridgehead atoms. The van der Waals surface area contributed by atoms with Crippen LogP contribution in [0.4, 0.5) is 4.79 Å². The lowest BCUT2D eigenvalue weighted by molar-refractivity contribution is -0.0139. The average Bonchev–Trinajstić information content (AvgIpc) is 2.72. The van der Waals surface area contributed by atoms with E-state index in [0.717, 1.165) is 29.3 Å². The molecule has 0 aliphatic heterocycles. The topological polar surface area (TPSA) is 29.5 Å². The number of halogens is 1. The minimum Gasteiger partial charge on any atom is -0.444 e. The van der Waals surface area contributed by atoms with Crippen LogP contribution in [-0.2, 0) is 16.7 Å². The smallest absolute Gasteiger partial charge is 0.410 e. The zero-order chi connectivity index (χ0) is 22.2. The van der Waals surface area contributed by atoms with Crippen molar-refractivity contribution in [1.82, 2.24) is 4.90 Å². The van der Waals surface area contributed by atoms with Gasteiger partial charge in [-0.3, -0.25) is 0 Å². The molecular weight excluding hydrogens is 450 g/mol. The van der Waals surface area contributed by atoms with Crippen LogP contribution in [0.5, 0.6) is 0 Å². The van der Waals surface area contributed by atoms with Gasteiger partial charge in [-0.05, 0) is 70.2 Å². The van der Waals surface area contributed by atoms with E-state index < -0.39 is 5.60 Å². The Kier molecular flexibility index (Phi) is 6.04. The maximum Gasteiger partial charge on any atom is 0.410 e. The van der Waals surface area contributed by atoms with Crippen LogP contribution >= 0.6 is 15.9 Å². The highest BCUT2D eigenvalue weighted by Gasteiger charge is 2.57. The second kappa shape index (κ2) is 8.46. The van der Waals surface area contributed by atoms with Crippen molar-refractivity contribution in [3.05, 3.63) is 81.8 Å². The van der Waals surface area contributed by atoms with Crippen LogP contribution in [0.1, 0.15) is 58.1 Å². The fraction of sp³-hybridized carbons (Fsp3) is 0.444. The number of carbonyl (C=O) groups excluding carboxylic acids is 1. The number of allylic oxidation sites excluding steroid dienone is 1. The number of rotatable bonds is 4. The van der Waals surface area contributed by atoms with Crippen LogP contribution in [0.25, 0.3) is 0 Å². The van der Waals surface area contributed by atoms with E-state index in [4.69, 9.17) is 4.74 Å². The molecule has 3 atom stereocenters. The molecule has 3 aliphatic rings. The highest BCUT2D eigenvalue weighted by Crippen LogP contribution is 2.61. The zero-order valence-corrected chi connectivity index (χ0v) is 20.5. The van der Waals surface area contributed by atoms with E-state index in [-0.39, 0.29) is 17.6 Å². The molecule has 31 heavy (non-hydrogen) atoms. The normalized spacial score (nSPS) is 26.3. The summed E-state index contributed by atoms with van der Waals surface area (Å²) in [5.41, 5.74) is 3.63. The summed E-state index contributed by atoms with van der Waals surface area (Å²) in [6, 6.07) is 19.2. The van der Waals surface area contributed by atoms with Crippen molar-refractivity contribution in [3.8, 4) is 0 Å². The number of amides is 1. The van der Waals surface area contributed by atoms with Crippen molar-refractivity contribution in [2.45, 2.75) is 70.6 Å². The van der Waals surface area contributed by atoms with Crippen LogP contribution in [-0.4, -0.2) is 22.6 Å². The summed E-state index contributed by atoms with van der Waals surface area (Å²) in [6.07, 6.45) is 5.22. The number of hydrogen-bond acceptors (Lipinski definition) is 2. The van der Waals surface area contributed by atoms with Gasteiger partial charge in [0.2, 0.25) is 0 Å². The highest BCUT2D eigenvalue weighted by atomic mass is 79.9. The molecule has 2 aromatic carbocycles. The van der Waals surface area contributed by atoms with Gasteiger partial charge < -0.3 is 9.64 Å². The van der Waals surface area contributed by atoms with Crippen molar-refractivity contribution in [3.63, 3.8) is 0 Å². The third kappa shape index (κ3) is 4.32. The average molecular weight is 482 g/mol. The van der Waals surface area contributed by atoms with E-state index in [1.54, 1.807) is 0 Å². The third-order valence-electron chi connectivity index (χ3n) is 6.78. The molecule has 0 N–H and O–H groups in total. The molecular formula is C27H32BrNO2. The Bertz CT molecular complexity index is 957. The zero-order valence-electron chi connectivity index (χ0n) is 18.9. The monoisotopic (exact) mass is 481 g/mol. The Balaban J connectivity index is 1.61. The Labute approximate surface area is 194 Å². The molecule has 5 rings (SSSR count). The molecule has 4 heteroatoms. The maximum absolute atomic E-state index is 13.3. The van der Waals surface area contributed by atoms with Crippen LogP contribution in [0.2, 0.25) is 0 Å². The SMILES string of the molecule is CC=C1C2CC1(c1ccc(Br)cc1)CCC2N(Cc1ccccc1)C(=O)OC(C)(C)C. The molecule has 0 heterocycles. The van der Waals surface area contributed by atoms with E-state index in [9.17, 15) is 4.79 Å². The number of ether oxygens (including phenoxy) is 1.